The SMILES string of the molecule is N#Cc1ccccc1N1C(=O)[C@@H]2[C@H](C1=O)[C@@H]1C=C[C@H]2C1=C(c1ccccc1)c1ccccc1. The number of allylic oxidation sites excluding steroid dienone is 3. The van der Waals surface area contributed by atoms with Gasteiger partial charge >= 0.3 is 0 Å². The van der Waals surface area contributed by atoms with Gasteiger partial charge < -0.3 is 0 Å². The molecule has 2 fully saturated rings. The smallest absolute Gasteiger partial charge is 0.238 e. The summed E-state index contributed by atoms with van der Waals surface area (Å²) in [7, 11) is 0. The summed E-state index contributed by atoms with van der Waals surface area (Å²) >= 11 is 0. The molecule has 3 aromatic carbocycles. The van der Waals surface area contributed by atoms with Crippen LogP contribution in [0.2, 0.25) is 0 Å². The summed E-state index contributed by atoms with van der Waals surface area (Å²) in [5, 5.41) is 9.52. The van der Waals surface area contributed by atoms with Crippen LogP contribution in [0.25, 0.3) is 5.57 Å². The van der Waals surface area contributed by atoms with Crippen LogP contribution in [0, 0.1) is 35.0 Å². The molecule has 2 amide bonds. The van der Waals surface area contributed by atoms with Gasteiger partial charge in [0.2, 0.25) is 11.8 Å². The summed E-state index contributed by atoms with van der Waals surface area (Å²) in [6, 6.07) is 29.3. The van der Waals surface area contributed by atoms with Gasteiger partial charge in [0, 0.05) is 11.8 Å². The zero-order chi connectivity index (χ0) is 22.5. The molecule has 3 aliphatic rings. The number of anilines is 1. The summed E-state index contributed by atoms with van der Waals surface area (Å²) in [6.45, 7) is 0. The van der Waals surface area contributed by atoms with Crippen LogP contribution in [-0.2, 0) is 9.59 Å². The van der Waals surface area contributed by atoms with Crippen molar-refractivity contribution in [2.75, 3.05) is 4.90 Å². The van der Waals surface area contributed by atoms with E-state index in [9.17, 15) is 14.9 Å². The first-order valence-electron chi connectivity index (χ1n) is 11.1. The number of nitriles is 1. The van der Waals surface area contributed by atoms with Crippen LogP contribution in [0.4, 0.5) is 5.69 Å². The van der Waals surface area contributed by atoms with E-state index in [0.717, 1.165) is 22.3 Å². The van der Waals surface area contributed by atoms with E-state index < -0.39 is 11.8 Å². The summed E-state index contributed by atoms with van der Waals surface area (Å²) in [5.41, 5.74) is 5.16. The predicted octanol–water partition coefficient (Wildman–Crippen LogP) is 4.98. The van der Waals surface area contributed by atoms with Crippen molar-refractivity contribution < 1.29 is 9.59 Å². The molecule has 3 aromatic rings. The molecule has 0 N–H and O–H groups in total. The molecular formula is C29H20N2O2. The maximum Gasteiger partial charge on any atom is 0.238 e. The minimum absolute atomic E-state index is 0.133. The van der Waals surface area contributed by atoms with Crippen LogP contribution in [0.15, 0.2) is 103 Å². The van der Waals surface area contributed by atoms with E-state index in [1.165, 1.54) is 4.90 Å². The van der Waals surface area contributed by atoms with Crippen molar-refractivity contribution in [3.8, 4) is 6.07 Å². The number of carbonyl (C=O) groups is 2. The number of rotatable bonds is 3. The van der Waals surface area contributed by atoms with Crippen molar-refractivity contribution in [3.05, 3.63) is 119 Å². The summed E-state index contributed by atoms with van der Waals surface area (Å²) in [4.78, 5) is 28.5. The number of hydrogen-bond acceptors (Lipinski definition) is 3. The molecule has 1 saturated carbocycles. The largest absolute Gasteiger partial charge is 0.274 e. The average molecular weight is 428 g/mol. The van der Waals surface area contributed by atoms with Gasteiger partial charge in [-0.2, -0.15) is 5.26 Å². The standard InChI is InChI=1S/C29H20N2O2/c30-17-20-13-7-8-14-23(20)31-28(32)26-21-15-16-22(27(26)29(31)33)25(21)24(18-9-3-1-4-10-18)19-11-5-2-6-12-19/h1-16,21-22,26-27H/t21-,22+,26-,27+. The van der Waals surface area contributed by atoms with E-state index in [-0.39, 0.29) is 23.7 Å². The van der Waals surface area contributed by atoms with Crippen LogP contribution in [0.1, 0.15) is 16.7 Å². The maximum absolute atomic E-state index is 13.6. The number of para-hydroxylation sites is 1. The van der Waals surface area contributed by atoms with Gasteiger partial charge in [0.1, 0.15) is 6.07 Å². The molecular weight excluding hydrogens is 408 g/mol. The number of fused-ring (bicyclic) bond motifs is 5. The second-order valence-corrected chi connectivity index (χ2v) is 8.69. The molecule has 1 aliphatic heterocycles. The van der Waals surface area contributed by atoms with Gasteiger partial charge in [-0.1, -0.05) is 84.9 Å². The van der Waals surface area contributed by atoms with Gasteiger partial charge in [0.05, 0.1) is 23.1 Å². The fourth-order valence-electron chi connectivity index (χ4n) is 5.81. The first-order valence-corrected chi connectivity index (χ1v) is 11.1. The van der Waals surface area contributed by atoms with E-state index >= 15 is 0 Å². The van der Waals surface area contributed by atoms with Gasteiger partial charge in [-0.25, -0.2) is 4.90 Å². The Balaban J connectivity index is 1.50. The minimum Gasteiger partial charge on any atom is -0.274 e. The van der Waals surface area contributed by atoms with Crippen LogP contribution in [0.3, 0.4) is 0 Å². The second-order valence-electron chi connectivity index (χ2n) is 8.69. The lowest BCUT2D eigenvalue weighted by atomic mass is 9.85. The van der Waals surface area contributed by atoms with E-state index in [0.29, 0.717) is 11.3 Å². The molecule has 1 heterocycles. The fourth-order valence-corrected chi connectivity index (χ4v) is 5.81. The van der Waals surface area contributed by atoms with E-state index in [1.807, 2.05) is 36.4 Å². The molecule has 0 aromatic heterocycles. The lowest BCUT2D eigenvalue weighted by Crippen LogP contribution is -2.33. The monoisotopic (exact) mass is 428 g/mol. The Morgan fingerprint density at radius 2 is 1.18 bits per heavy atom. The fraction of sp³-hybridized carbons (Fsp3) is 0.138. The lowest BCUT2D eigenvalue weighted by Gasteiger charge is -2.22. The van der Waals surface area contributed by atoms with Gasteiger partial charge in [-0.3, -0.25) is 9.59 Å². The Kier molecular flexibility index (Phi) is 4.38. The van der Waals surface area contributed by atoms with E-state index in [4.69, 9.17) is 0 Å². The second kappa shape index (κ2) is 7.43. The average Bonchev–Trinajstić information content (AvgIpc) is 3.50. The third-order valence-corrected chi connectivity index (χ3v) is 7.09. The van der Waals surface area contributed by atoms with Crippen LogP contribution in [0.5, 0.6) is 0 Å². The number of imide groups is 1. The Bertz CT molecular complexity index is 1310. The molecule has 0 unspecified atom stereocenters. The minimum atomic E-state index is -0.434. The van der Waals surface area contributed by atoms with Gasteiger partial charge in [0.15, 0.2) is 0 Å². The summed E-state index contributed by atoms with van der Waals surface area (Å²) in [5.74, 6) is -1.55. The quantitative estimate of drug-likeness (QED) is 0.437. The first-order chi connectivity index (χ1) is 16.2. The number of carbonyl (C=O) groups excluding carboxylic acids is 2. The molecule has 2 bridgehead atoms. The zero-order valence-corrected chi connectivity index (χ0v) is 17.8. The molecule has 6 rings (SSSR count). The molecule has 0 radical (unpaired) electrons. The number of amides is 2. The van der Waals surface area contributed by atoms with Crippen LogP contribution < -0.4 is 4.90 Å². The number of nitrogens with zero attached hydrogens (tertiary/aromatic N) is 2. The molecule has 33 heavy (non-hydrogen) atoms. The third kappa shape index (κ3) is 2.76. The third-order valence-electron chi connectivity index (χ3n) is 7.09. The molecule has 158 valence electrons. The van der Waals surface area contributed by atoms with E-state index in [1.54, 1.807) is 24.3 Å². The van der Waals surface area contributed by atoms with Crippen molar-refractivity contribution in [2.45, 2.75) is 0 Å². The Morgan fingerprint density at radius 3 is 1.70 bits per heavy atom. The number of hydrogen-bond donors (Lipinski definition) is 0. The predicted molar refractivity (Wildman–Crippen MR) is 126 cm³/mol. The zero-order valence-electron chi connectivity index (χ0n) is 17.8. The van der Waals surface area contributed by atoms with Crippen molar-refractivity contribution in [1.82, 2.24) is 0 Å². The summed E-state index contributed by atoms with van der Waals surface area (Å²) < 4.78 is 0. The Morgan fingerprint density at radius 1 is 0.697 bits per heavy atom. The highest BCUT2D eigenvalue weighted by Gasteiger charge is 2.62. The Hall–Kier alpha value is -4.23. The normalized spacial score (nSPS) is 24.8. The topological polar surface area (TPSA) is 61.2 Å². The van der Waals surface area contributed by atoms with Crippen molar-refractivity contribution >= 4 is 23.1 Å². The number of benzene rings is 3. The van der Waals surface area contributed by atoms with E-state index in [2.05, 4.69) is 42.5 Å². The highest BCUT2D eigenvalue weighted by atomic mass is 16.2. The molecule has 4 heteroatoms. The van der Waals surface area contributed by atoms with Crippen LogP contribution in [-0.4, -0.2) is 11.8 Å². The molecule has 2 aliphatic carbocycles. The molecule has 0 spiro atoms. The van der Waals surface area contributed by atoms with Crippen molar-refractivity contribution in [2.24, 2.45) is 23.7 Å². The highest BCUT2D eigenvalue weighted by Crippen LogP contribution is 2.59. The first kappa shape index (κ1) is 19.5. The molecule has 4 nitrogen and oxygen atoms in total. The Labute approximate surface area is 192 Å². The molecule has 4 atom stereocenters. The van der Waals surface area contributed by atoms with Gasteiger partial charge in [-0.15, -0.1) is 0 Å². The highest BCUT2D eigenvalue weighted by molar-refractivity contribution is 6.24. The lowest BCUT2D eigenvalue weighted by molar-refractivity contribution is -0.122. The summed E-state index contributed by atoms with van der Waals surface area (Å²) in [6.07, 6.45) is 4.19. The van der Waals surface area contributed by atoms with Gasteiger partial charge in [0.25, 0.3) is 0 Å². The maximum atomic E-state index is 13.6. The van der Waals surface area contributed by atoms with Crippen molar-refractivity contribution in [1.29, 1.82) is 5.26 Å². The van der Waals surface area contributed by atoms with Crippen molar-refractivity contribution in [3.63, 3.8) is 0 Å². The van der Waals surface area contributed by atoms with Gasteiger partial charge in [-0.05, 0) is 34.4 Å². The van der Waals surface area contributed by atoms with Crippen LogP contribution >= 0.6 is 0 Å². The molecule has 1 saturated heterocycles.